The van der Waals surface area contributed by atoms with Crippen LogP contribution in [0.3, 0.4) is 0 Å². The Kier molecular flexibility index (Phi) is 6.63. The first kappa shape index (κ1) is 20.1. The lowest BCUT2D eigenvalue weighted by molar-refractivity contribution is -0.122. The maximum atomic E-state index is 12.6. The molecular weight excluding hydrogens is 364 g/mol. The summed E-state index contributed by atoms with van der Waals surface area (Å²) in [5.74, 6) is 0.146. The largest absolute Gasteiger partial charge is 0.481 e. The topological polar surface area (TPSA) is 67.4 Å². The summed E-state index contributed by atoms with van der Waals surface area (Å²) in [6, 6.07) is 23.7. The van der Waals surface area contributed by atoms with Gasteiger partial charge in [0.2, 0.25) is 0 Å². The molecule has 3 aromatic carbocycles. The summed E-state index contributed by atoms with van der Waals surface area (Å²) in [4.78, 5) is 25.2. The van der Waals surface area contributed by atoms with Gasteiger partial charge in [0, 0.05) is 16.9 Å². The number of carbonyl (C=O) groups excluding carboxylic acids is 2. The number of carbonyl (C=O) groups is 2. The molecular formula is C24H24N2O3. The number of hydrogen-bond donors (Lipinski definition) is 2. The standard InChI is InChI=1S/C24H24N2O3/c1-3-22(29-21-13-5-4-6-14-21)24(28)26-20-12-8-10-18(16-20)23(27)25-19-11-7-9-17(2)15-19/h4-16,22H,3H2,1-2H3,(H,25,27)(H,26,28). The number of hydrogen-bond acceptors (Lipinski definition) is 3. The van der Waals surface area contributed by atoms with Crippen molar-refractivity contribution in [2.24, 2.45) is 0 Å². The Morgan fingerprint density at radius 2 is 1.55 bits per heavy atom. The first-order valence-electron chi connectivity index (χ1n) is 9.56. The van der Waals surface area contributed by atoms with Crippen molar-refractivity contribution in [3.8, 4) is 5.75 Å². The Balaban J connectivity index is 1.66. The van der Waals surface area contributed by atoms with Gasteiger partial charge in [0.05, 0.1) is 0 Å². The minimum absolute atomic E-state index is 0.237. The van der Waals surface area contributed by atoms with Crippen LogP contribution in [0.25, 0.3) is 0 Å². The molecule has 0 saturated carbocycles. The van der Waals surface area contributed by atoms with Crippen LogP contribution in [0, 0.1) is 6.92 Å². The van der Waals surface area contributed by atoms with Crippen molar-refractivity contribution in [3.63, 3.8) is 0 Å². The lowest BCUT2D eigenvalue weighted by Gasteiger charge is -2.17. The molecule has 3 aromatic rings. The van der Waals surface area contributed by atoms with E-state index in [9.17, 15) is 9.59 Å². The first-order valence-corrected chi connectivity index (χ1v) is 9.56. The molecule has 1 unspecified atom stereocenters. The lowest BCUT2D eigenvalue weighted by Crippen LogP contribution is -2.32. The maximum Gasteiger partial charge on any atom is 0.265 e. The van der Waals surface area contributed by atoms with Crippen molar-refractivity contribution in [3.05, 3.63) is 90.0 Å². The van der Waals surface area contributed by atoms with Gasteiger partial charge >= 0.3 is 0 Å². The molecule has 0 bridgehead atoms. The van der Waals surface area contributed by atoms with Gasteiger partial charge in [-0.05, 0) is 61.4 Å². The summed E-state index contributed by atoms with van der Waals surface area (Å²) in [5, 5.41) is 5.71. The molecule has 5 heteroatoms. The molecule has 148 valence electrons. The number of rotatable bonds is 7. The van der Waals surface area contributed by atoms with Crippen molar-refractivity contribution >= 4 is 23.2 Å². The molecule has 0 aliphatic heterocycles. The van der Waals surface area contributed by atoms with Crippen molar-refractivity contribution in [1.29, 1.82) is 0 Å². The van der Waals surface area contributed by atoms with E-state index in [-0.39, 0.29) is 11.8 Å². The van der Waals surface area contributed by atoms with Crippen LogP contribution in [0.2, 0.25) is 0 Å². The van der Waals surface area contributed by atoms with Gasteiger partial charge in [0.1, 0.15) is 5.75 Å². The number of para-hydroxylation sites is 1. The van der Waals surface area contributed by atoms with Gasteiger partial charge in [-0.15, -0.1) is 0 Å². The van der Waals surface area contributed by atoms with Gasteiger partial charge in [-0.1, -0.05) is 43.3 Å². The molecule has 2 amide bonds. The molecule has 3 rings (SSSR count). The molecule has 0 fully saturated rings. The van der Waals surface area contributed by atoms with E-state index in [1.54, 1.807) is 24.3 Å². The number of amides is 2. The van der Waals surface area contributed by atoms with Gasteiger partial charge in [-0.3, -0.25) is 9.59 Å². The van der Waals surface area contributed by atoms with E-state index in [2.05, 4.69) is 10.6 Å². The van der Waals surface area contributed by atoms with Crippen LogP contribution < -0.4 is 15.4 Å². The molecule has 5 nitrogen and oxygen atoms in total. The van der Waals surface area contributed by atoms with Gasteiger partial charge in [-0.2, -0.15) is 0 Å². The number of ether oxygens (including phenoxy) is 1. The van der Waals surface area contributed by atoms with Crippen molar-refractivity contribution in [2.45, 2.75) is 26.4 Å². The Labute approximate surface area is 170 Å². The van der Waals surface area contributed by atoms with E-state index in [4.69, 9.17) is 4.74 Å². The van der Waals surface area contributed by atoms with E-state index in [0.29, 0.717) is 23.4 Å². The molecule has 0 saturated heterocycles. The summed E-state index contributed by atoms with van der Waals surface area (Å²) >= 11 is 0. The van der Waals surface area contributed by atoms with Gasteiger partial charge in [0.25, 0.3) is 11.8 Å². The third-order valence-corrected chi connectivity index (χ3v) is 4.35. The fourth-order valence-electron chi connectivity index (χ4n) is 2.87. The third kappa shape index (κ3) is 5.69. The average molecular weight is 388 g/mol. The van der Waals surface area contributed by atoms with Crippen LogP contribution in [-0.2, 0) is 4.79 Å². The fourth-order valence-corrected chi connectivity index (χ4v) is 2.87. The Morgan fingerprint density at radius 1 is 0.862 bits per heavy atom. The number of aryl methyl sites for hydroxylation is 1. The molecule has 0 aliphatic carbocycles. The Morgan fingerprint density at radius 3 is 2.24 bits per heavy atom. The monoisotopic (exact) mass is 388 g/mol. The fraction of sp³-hybridized carbons (Fsp3) is 0.167. The molecule has 2 N–H and O–H groups in total. The van der Waals surface area contributed by atoms with E-state index in [1.165, 1.54) is 0 Å². The van der Waals surface area contributed by atoms with Gasteiger partial charge in [-0.25, -0.2) is 0 Å². The van der Waals surface area contributed by atoms with E-state index in [1.807, 2.05) is 68.4 Å². The van der Waals surface area contributed by atoms with Crippen molar-refractivity contribution in [2.75, 3.05) is 10.6 Å². The molecule has 29 heavy (non-hydrogen) atoms. The highest BCUT2D eigenvalue weighted by Crippen LogP contribution is 2.17. The summed E-state index contributed by atoms with van der Waals surface area (Å²) in [6.07, 6.45) is -0.101. The Hall–Kier alpha value is -3.60. The number of benzene rings is 3. The van der Waals surface area contributed by atoms with Crippen molar-refractivity contribution < 1.29 is 14.3 Å². The van der Waals surface area contributed by atoms with Crippen LogP contribution in [0.4, 0.5) is 11.4 Å². The van der Waals surface area contributed by atoms with Crippen LogP contribution in [-0.4, -0.2) is 17.9 Å². The lowest BCUT2D eigenvalue weighted by atomic mass is 10.1. The van der Waals surface area contributed by atoms with E-state index < -0.39 is 6.10 Å². The number of nitrogens with one attached hydrogen (secondary N) is 2. The normalized spacial score (nSPS) is 11.4. The average Bonchev–Trinajstić information content (AvgIpc) is 2.73. The van der Waals surface area contributed by atoms with Gasteiger partial charge < -0.3 is 15.4 Å². The van der Waals surface area contributed by atoms with E-state index >= 15 is 0 Å². The minimum atomic E-state index is -0.623. The second kappa shape index (κ2) is 9.55. The zero-order valence-electron chi connectivity index (χ0n) is 16.5. The molecule has 0 aliphatic rings. The summed E-state index contributed by atoms with van der Waals surface area (Å²) < 4.78 is 5.77. The highest BCUT2D eigenvalue weighted by molar-refractivity contribution is 6.05. The first-order chi connectivity index (χ1) is 14.0. The summed E-state index contributed by atoms with van der Waals surface area (Å²) in [5.41, 5.74) is 2.79. The van der Waals surface area contributed by atoms with Crippen molar-refractivity contribution in [1.82, 2.24) is 0 Å². The number of anilines is 2. The summed E-state index contributed by atoms with van der Waals surface area (Å²) in [7, 11) is 0. The van der Waals surface area contributed by atoms with Gasteiger partial charge in [0.15, 0.2) is 6.10 Å². The predicted molar refractivity (Wildman–Crippen MR) is 115 cm³/mol. The molecule has 0 aromatic heterocycles. The second-order valence-electron chi connectivity index (χ2n) is 6.72. The minimum Gasteiger partial charge on any atom is -0.481 e. The molecule has 0 spiro atoms. The predicted octanol–water partition coefficient (Wildman–Crippen LogP) is 5.04. The highest BCUT2D eigenvalue weighted by Gasteiger charge is 2.19. The second-order valence-corrected chi connectivity index (χ2v) is 6.72. The Bertz CT molecular complexity index is 986. The van der Waals surface area contributed by atoms with Crippen LogP contribution in [0.5, 0.6) is 5.75 Å². The van der Waals surface area contributed by atoms with E-state index in [0.717, 1.165) is 11.3 Å². The molecule has 0 heterocycles. The molecule has 0 radical (unpaired) electrons. The maximum absolute atomic E-state index is 12.6. The zero-order chi connectivity index (χ0) is 20.6. The molecule has 1 atom stereocenters. The third-order valence-electron chi connectivity index (χ3n) is 4.35. The van der Waals surface area contributed by atoms with Crippen LogP contribution in [0.15, 0.2) is 78.9 Å². The SMILES string of the molecule is CCC(Oc1ccccc1)C(=O)Nc1cccc(C(=O)Nc2cccc(C)c2)c1. The summed E-state index contributed by atoms with van der Waals surface area (Å²) in [6.45, 7) is 3.85. The van der Waals surface area contributed by atoms with Crippen LogP contribution in [0.1, 0.15) is 29.3 Å². The highest BCUT2D eigenvalue weighted by atomic mass is 16.5. The smallest absolute Gasteiger partial charge is 0.265 e. The quantitative estimate of drug-likeness (QED) is 0.596. The van der Waals surface area contributed by atoms with Crippen LogP contribution >= 0.6 is 0 Å². The zero-order valence-corrected chi connectivity index (χ0v) is 16.5.